The van der Waals surface area contributed by atoms with E-state index in [9.17, 15) is 4.79 Å². The van der Waals surface area contributed by atoms with Crippen LogP contribution in [0.3, 0.4) is 0 Å². The van der Waals surface area contributed by atoms with Crippen molar-refractivity contribution in [2.75, 3.05) is 6.61 Å². The Kier molecular flexibility index (Phi) is 5.38. The van der Waals surface area contributed by atoms with Crippen molar-refractivity contribution >= 4 is 5.82 Å². The number of nitrogens with zero attached hydrogens (tertiary/aromatic N) is 2. The zero-order valence-electron chi connectivity index (χ0n) is 8.92. The Morgan fingerprint density at radius 3 is 3.00 bits per heavy atom. The van der Waals surface area contributed by atoms with Gasteiger partial charge in [0.1, 0.15) is 0 Å². The van der Waals surface area contributed by atoms with Gasteiger partial charge in [0.2, 0.25) is 5.69 Å². The second-order valence-electron chi connectivity index (χ2n) is 3.26. The molecule has 1 radical (unpaired) electrons. The summed E-state index contributed by atoms with van der Waals surface area (Å²) >= 11 is 0. The Labute approximate surface area is 129 Å². The van der Waals surface area contributed by atoms with Crippen LogP contribution < -0.4 is 5.69 Å². The summed E-state index contributed by atoms with van der Waals surface area (Å²) in [6.45, 7) is 2.29. The molecular formula is C9H12AcN3O3-. The summed E-state index contributed by atoms with van der Waals surface area (Å²) in [7, 11) is 0. The van der Waals surface area contributed by atoms with Crippen LogP contribution in [0.15, 0.2) is 17.1 Å². The molecule has 2 atom stereocenters. The number of ether oxygens (including phenoxy) is 2. The van der Waals surface area contributed by atoms with Gasteiger partial charge in [-0.15, -0.1) is 0 Å². The molecule has 0 aliphatic carbocycles. The van der Waals surface area contributed by atoms with Crippen molar-refractivity contribution in [1.29, 1.82) is 0 Å². The third kappa shape index (κ3) is 3.04. The van der Waals surface area contributed by atoms with E-state index >= 15 is 0 Å². The second-order valence-corrected chi connectivity index (χ2v) is 3.26. The minimum atomic E-state index is -0.479. The molecule has 7 heteroatoms. The number of hydrogen-bond acceptors (Lipinski definition) is 4. The molecule has 2 rings (SSSR count). The van der Waals surface area contributed by atoms with E-state index in [1.165, 1.54) is 16.8 Å². The normalized spacial score (nSPS) is 24.1. The van der Waals surface area contributed by atoms with Gasteiger partial charge in [-0.3, -0.25) is 9.36 Å². The average Bonchev–Trinajstić information content (AvgIpc) is 2.66. The van der Waals surface area contributed by atoms with Gasteiger partial charge in [-0.2, -0.15) is 0 Å². The zero-order valence-corrected chi connectivity index (χ0v) is 13.7. The first-order valence-corrected chi connectivity index (χ1v) is 4.78. The molecule has 0 amide bonds. The Morgan fingerprint density at radius 2 is 2.44 bits per heavy atom. The van der Waals surface area contributed by atoms with E-state index in [0.717, 1.165) is 6.42 Å². The third-order valence-electron chi connectivity index (χ3n) is 2.21. The van der Waals surface area contributed by atoms with Crippen molar-refractivity contribution in [3.63, 3.8) is 0 Å². The number of nitrogens with one attached hydrogen (secondary N) is 1. The number of hydrogen-bond donors (Lipinski definition) is 0. The molecule has 0 aromatic carbocycles. The first-order chi connectivity index (χ1) is 7.20. The van der Waals surface area contributed by atoms with E-state index < -0.39 is 11.9 Å². The molecule has 1 aromatic rings. The third-order valence-corrected chi connectivity index (χ3v) is 2.21. The minimum absolute atomic E-state index is 0. The van der Waals surface area contributed by atoms with Gasteiger partial charge in [0.05, 0.1) is 6.61 Å². The Morgan fingerprint density at radius 1 is 1.69 bits per heavy atom. The van der Waals surface area contributed by atoms with Gasteiger partial charge < -0.3 is 20.2 Å². The summed E-state index contributed by atoms with van der Waals surface area (Å²) in [5, 5.41) is 0. The summed E-state index contributed by atoms with van der Waals surface area (Å²) in [6.07, 6.45) is 1.58. The molecule has 2 heterocycles. The topological polar surface area (TPSA) is 77.2 Å². The summed E-state index contributed by atoms with van der Waals surface area (Å²) in [5.74, 6) is -0.0396. The van der Waals surface area contributed by atoms with E-state index in [1.807, 2.05) is 6.92 Å². The standard InChI is InChI=1S/C9H13N3O3.Ac/c1-2-8-14-5-7(15-8)12-4-3-6(10)11-9(12)13;/h3-4,7-8H,2,5H2,1H3,(H2,10,11,13);/p-1/t7?,8-;/m0./s1. The maximum absolute atomic E-state index is 11.4. The number of aromatic nitrogens is 2. The molecule has 1 unspecified atom stereocenters. The predicted octanol–water partition coefficient (Wildman–Crippen LogP) is 1.21. The molecule has 1 saturated heterocycles. The predicted molar refractivity (Wildman–Crippen MR) is 52.6 cm³/mol. The molecule has 16 heavy (non-hydrogen) atoms. The fraction of sp³-hybridized carbons (Fsp3) is 0.556. The van der Waals surface area contributed by atoms with E-state index in [0.29, 0.717) is 6.61 Å². The van der Waals surface area contributed by atoms with Gasteiger partial charge in [0.15, 0.2) is 12.5 Å². The Hall–Kier alpha value is 0.0416. The largest absolute Gasteiger partial charge is 0.482 e. The van der Waals surface area contributed by atoms with E-state index in [4.69, 9.17) is 15.2 Å². The van der Waals surface area contributed by atoms with Crippen LogP contribution in [0.1, 0.15) is 19.6 Å². The van der Waals surface area contributed by atoms with Crippen molar-refractivity contribution in [1.82, 2.24) is 9.55 Å². The van der Waals surface area contributed by atoms with Crippen LogP contribution in [0.2, 0.25) is 0 Å². The first-order valence-electron chi connectivity index (χ1n) is 4.78. The average molecular weight is 437 g/mol. The van der Waals surface area contributed by atoms with Gasteiger partial charge in [0, 0.05) is 50.3 Å². The van der Waals surface area contributed by atoms with E-state index in [2.05, 4.69) is 4.98 Å². The second kappa shape index (κ2) is 6.10. The smallest absolute Gasteiger partial charge is 0.248 e. The molecule has 1 fully saturated rings. The summed E-state index contributed by atoms with van der Waals surface area (Å²) in [6, 6.07) is 1.45. The molecule has 6 nitrogen and oxygen atoms in total. The van der Waals surface area contributed by atoms with Gasteiger partial charge in [-0.1, -0.05) is 12.7 Å². The molecule has 1 aliphatic rings. The molecule has 1 aromatic heterocycles. The van der Waals surface area contributed by atoms with Crippen molar-refractivity contribution in [2.45, 2.75) is 25.9 Å². The monoisotopic (exact) mass is 437 g/mol. The molecule has 1 aliphatic heterocycles. The first kappa shape index (κ1) is 14.1. The SMILES string of the molecule is CC[C@H]1OCC(n2ccc([NH-])nc2=O)O1.[Ac]. The van der Waals surface area contributed by atoms with Crippen LogP contribution in [0.4, 0.5) is 5.82 Å². The summed E-state index contributed by atoms with van der Waals surface area (Å²) < 4.78 is 12.1. The maximum Gasteiger partial charge on any atom is 0.248 e. The van der Waals surface area contributed by atoms with Gasteiger partial charge in [0.25, 0.3) is 0 Å². The van der Waals surface area contributed by atoms with Gasteiger partial charge >= 0.3 is 0 Å². The van der Waals surface area contributed by atoms with Crippen LogP contribution in [-0.2, 0) is 9.47 Å². The quantitative estimate of drug-likeness (QED) is 0.697. The van der Waals surface area contributed by atoms with Crippen molar-refractivity contribution < 1.29 is 53.5 Å². The Balaban J connectivity index is 0.00000128. The number of rotatable bonds is 2. The van der Waals surface area contributed by atoms with Crippen LogP contribution >= 0.6 is 0 Å². The molecule has 1 N–H and O–H groups in total. The van der Waals surface area contributed by atoms with Crippen LogP contribution in [-0.4, -0.2) is 22.4 Å². The summed E-state index contributed by atoms with van der Waals surface area (Å²) in [5.41, 5.74) is 6.70. The van der Waals surface area contributed by atoms with Crippen molar-refractivity contribution in [2.24, 2.45) is 0 Å². The van der Waals surface area contributed by atoms with E-state index in [1.54, 1.807) is 0 Å². The van der Waals surface area contributed by atoms with Crippen LogP contribution in [0.5, 0.6) is 0 Å². The minimum Gasteiger partial charge on any atom is -0.482 e. The van der Waals surface area contributed by atoms with Crippen LogP contribution in [0, 0.1) is 44.1 Å². The molecule has 0 saturated carbocycles. The van der Waals surface area contributed by atoms with Crippen molar-refractivity contribution in [3.8, 4) is 0 Å². The fourth-order valence-electron chi connectivity index (χ4n) is 1.44. The molecule has 85 valence electrons. The fourth-order valence-corrected chi connectivity index (χ4v) is 1.44. The van der Waals surface area contributed by atoms with E-state index in [-0.39, 0.29) is 56.2 Å². The van der Waals surface area contributed by atoms with Crippen molar-refractivity contribution in [3.05, 3.63) is 28.5 Å². The zero-order chi connectivity index (χ0) is 10.8. The van der Waals surface area contributed by atoms with Gasteiger partial charge in [-0.05, 0) is 12.5 Å². The Bertz CT molecular complexity index is 409. The maximum atomic E-state index is 11.4. The van der Waals surface area contributed by atoms with Crippen LogP contribution in [0.25, 0.3) is 5.73 Å². The molecule has 0 bridgehead atoms. The van der Waals surface area contributed by atoms with Gasteiger partial charge in [-0.25, -0.2) is 0 Å². The summed E-state index contributed by atoms with van der Waals surface area (Å²) in [4.78, 5) is 14.9. The molecular weight excluding hydrogens is 425 g/mol. The molecule has 0 spiro atoms.